The highest BCUT2D eigenvalue weighted by atomic mass is 19.1. The molecule has 2 aromatic rings. The van der Waals surface area contributed by atoms with Crippen LogP contribution in [0.4, 0.5) is 4.39 Å². The van der Waals surface area contributed by atoms with Gasteiger partial charge in [-0.25, -0.2) is 9.07 Å². The van der Waals surface area contributed by atoms with Crippen LogP contribution in [0.5, 0.6) is 0 Å². The number of nitrogens with one attached hydrogen (secondary N) is 1. The van der Waals surface area contributed by atoms with Gasteiger partial charge in [-0.05, 0) is 43.7 Å². The van der Waals surface area contributed by atoms with Gasteiger partial charge in [0.2, 0.25) is 0 Å². The zero-order chi connectivity index (χ0) is 16.2. The van der Waals surface area contributed by atoms with Crippen LogP contribution in [-0.4, -0.2) is 26.4 Å². The van der Waals surface area contributed by atoms with Gasteiger partial charge in [-0.15, -0.1) is 0 Å². The maximum Gasteiger partial charge on any atom is 0.251 e. The van der Waals surface area contributed by atoms with Crippen LogP contribution in [0.3, 0.4) is 0 Å². The highest BCUT2D eigenvalue weighted by Crippen LogP contribution is 2.12. The Balaban J connectivity index is 1.98. The minimum atomic E-state index is -1.37. The molecular weight excluding hydrogens is 285 g/mol. The summed E-state index contributed by atoms with van der Waals surface area (Å²) in [7, 11) is 0. The minimum Gasteiger partial charge on any atom is -0.380 e. The summed E-state index contributed by atoms with van der Waals surface area (Å²) in [6.07, 6.45) is 2.86. The molecule has 0 aliphatic rings. The van der Waals surface area contributed by atoms with E-state index < -0.39 is 11.5 Å². The van der Waals surface area contributed by atoms with Crippen molar-refractivity contribution < 1.29 is 14.3 Å². The van der Waals surface area contributed by atoms with Crippen LogP contribution in [0.1, 0.15) is 32.4 Å². The number of hydrogen-bond acceptors (Lipinski definition) is 3. The van der Waals surface area contributed by atoms with E-state index in [0.29, 0.717) is 12.1 Å². The van der Waals surface area contributed by atoms with E-state index in [1.165, 1.54) is 19.1 Å². The predicted molar refractivity (Wildman–Crippen MR) is 80.9 cm³/mol. The lowest BCUT2D eigenvalue weighted by molar-refractivity contribution is -0.138. The number of aliphatic hydroxyl groups is 1. The van der Waals surface area contributed by atoms with Gasteiger partial charge >= 0.3 is 0 Å². The molecule has 1 aromatic carbocycles. The molecule has 2 rings (SSSR count). The number of carbonyl (C=O) groups excluding carboxylic acids is 1. The molecule has 0 saturated heterocycles. The standard InChI is InChI=1S/C16H20FN3O2/c1-3-9-16(2,22)15(21)18-11-13-8-10-20(19-13)14-6-4-12(17)5-7-14/h4-8,10,22H,3,9,11H2,1-2H3,(H,18,21). The lowest BCUT2D eigenvalue weighted by Gasteiger charge is -2.21. The molecule has 2 N–H and O–H groups in total. The number of rotatable bonds is 6. The van der Waals surface area contributed by atoms with E-state index >= 15 is 0 Å². The Hall–Kier alpha value is -2.21. The summed E-state index contributed by atoms with van der Waals surface area (Å²) < 4.78 is 14.5. The SMILES string of the molecule is CCCC(C)(O)C(=O)NCc1ccn(-c2ccc(F)cc2)n1. The van der Waals surface area contributed by atoms with Gasteiger partial charge < -0.3 is 10.4 Å². The van der Waals surface area contributed by atoms with E-state index in [0.717, 1.165) is 12.1 Å². The second kappa shape index (κ2) is 6.70. The Morgan fingerprint density at radius 1 is 1.36 bits per heavy atom. The molecule has 6 heteroatoms. The maximum absolute atomic E-state index is 12.9. The Kier molecular flexibility index (Phi) is 4.92. The average molecular weight is 305 g/mol. The lowest BCUT2D eigenvalue weighted by atomic mass is 10.00. The van der Waals surface area contributed by atoms with Crippen LogP contribution in [0.2, 0.25) is 0 Å². The number of aromatic nitrogens is 2. The highest BCUT2D eigenvalue weighted by Gasteiger charge is 2.28. The van der Waals surface area contributed by atoms with Crippen LogP contribution in [0, 0.1) is 5.82 Å². The monoisotopic (exact) mass is 305 g/mol. The van der Waals surface area contributed by atoms with Crippen molar-refractivity contribution in [2.75, 3.05) is 0 Å². The van der Waals surface area contributed by atoms with Gasteiger partial charge in [0, 0.05) is 6.20 Å². The summed E-state index contributed by atoms with van der Waals surface area (Å²) >= 11 is 0. The first-order valence-corrected chi connectivity index (χ1v) is 7.23. The fourth-order valence-corrected chi connectivity index (χ4v) is 2.16. The third-order valence-electron chi connectivity index (χ3n) is 3.39. The third kappa shape index (κ3) is 3.92. The van der Waals surface area contributed by atoms with Gasteiger partial charge in [0.05, 0.1) is 17.9 Å². The maximum atomic E-state index is 12.9. The molecule has 0 radical (unpaired) electrons. The van der Waals surface area contributed by atoms with Gasteiger partial charge in [-0.1, -0.05) is 13.3 Å². The molecule has 0 spiro atoms. The number of amides is 1. The van der Waals surface area contributed by atoms with Crippen molar-refractivity contribution in [2.45, 2.75) is 38.8 Å². The topological polar surface area (TPSA) is 67.2 Å². The van der Waals surface area contributed by atoms with Crippen LogP contribution < -0.4 is 5.32 Å². The first-order valence-electron chi connectivity index (χ1n) is 7.23. The van der Waals surface area contributed by atoms with E-state index in [4.69, 9.17) is 0 Å². The quantitative estimate of drug-likeness (QED) is 0.859. The third-order valence-corrected chi connectivity index (χ3v) is 3.39. The molecule has 1 heterocycles. The Labute approximate surface area is 128 Å². The zero-order valence-corrected chi connectivity index (χ0v) is 12.7. The molecule has 0 saturated carbocycles. The van der Waals surface area contributed by atoms with Gasteiger partial charge in [0.15, 0.2) is 0 Å². The predicted octanol–water partition coefficient (Wildman–Crippen LogP) is 2.18. The summed E-state index contributed by atoms with van der Waals surface area (Å²) in [6, 6.07) is 7.73. The van der Waals surface area contributed by atoms with Crippen LogP contribution in [0.25, 0.3) is 5.69 Å². The molecule has 5 nitrogen and oxygen atoms in total. The van der Waals surface area contributed by atoms with Crippen molar-refractivity contribution in [1.82, 2.24) is 15.1 Å². The van der Waals surface area contributed by atoms with Gasteiger partial charge in [-0.3, -0.25) is 4.79 Å². The number of carbonyl (C=O) groups is 1. The highest BCUT2D eigenvalue weighted by molar-refractivity contribution is 5.84. The number of nitrogens with zero attached hydrogens (tertiary/aromatic N) is 2. The van der Waals surface area contributed by atoms with E-state index in [-0.39, 0.29) is 12.4 Å². The smallest absolute Gasteiger partial charge is 0.251 e. The van der Waals surface area contributed by atoms with Crippen molar-refractivity contribution in [2.24, 2.45) is 0 Å². The van der Waals surface area contributed by atoms with Gasteiger partial charge in [0.1, 0.15) is 11.4 Å². The molecule has 1 atom stereocenters. The molecule has 0 bridgehead atoms. The zero-order valence-electron chi connectivity index (χ0n) is 12.7. The van der Waals surface area contributed by atoms with Crippen LogP contribution in [0.15, 0.2) is 36.5 Å². The fraction of sp³-hybridized carbons (Fsp3) is 0.375. The van der Waals surface area contributed by atoms with Crippen LogP contribution >= 0.6 is 0 Å². The van der Waals surface area contributed by atoms with E-state index in [1.807, 2.05) is 6.92 Å². The largest absolute Gasteiger partial charge is 0.380 e. The lowest BCUT2D eigenvalue weighted by Crippen LogP contribution is -2.44. The molecule has 1 amide bonds. The van der Waals surface area contributed by atoms with Crippen molar-refractivity contribution in [3.8, 4) is 5.69 Å². The second-order valence-electron chi connectivity index (χ2n) is 5.43. The normalized spacial score (nSPS) is 13.6. The first kappa shape index (κ1) is 16.2. The molecule has 118 valence electrons. The van der Waals surface area contributed by atoms with E-state index in [2.05, 4.69) is 10.4 Å². The Bertz CT molecular complexity index is 635. The van der Waals surface area contributed by atoms with Crippen LogP contribution in [-0.2, 0) is 11.3 Å². The second-order valence-corrected chi connectivity index (χ2v) is 5.43. The molecule has 1 aromatic heterocycles. The van der Waals surface area contributed by atoms with E-state index in [9.17, 15) is 14.3 Å². The molecule has 22 heavy (non-hydrogen) atoms. The molecule has 0 fully saturated rings. The molecule has 0 aliphatic carbocycles. The summed E-state index contributed by atoms with van der Waals surface area (Å²) in [5, 5.41) is 17.0. The van der Waals surface area contributed by atoms with Gasteiger partial charge in [0.25, 0.3) is 5.91 Å². The minimum absolute atomic E-state index is 0.229. The van der Waals surface area contributed by atoms with Crippen molar-refractivity contribution >= 4 is 5.91 Å². The van der Waals surface area contributed by atoms with E-state index in [1.54, 1.807) is 29.1 Å². The number of hydrogen-bond donors (Lipinski definition) is 2. The number of benzene rings is 1. The Morgan fingerprint density at radius 3 is 2.68 bits per heavy atom. The summed E-state index contributed by atoms with van der Waals surface area (Å²) in [4.78, 5) is 11.9. The van der Waals surface area contributed by atoms with Crippen molar-refractivity contribution in [3.63, 3.8) is 0 Å². The summed E-state index contributed by atoms with van der Waals surface area (Å²) in [5.41, 5.74) is 0.0239. The number of halogens is 1. The average Bonchev–Trinajstić information content (AvgIpc) is 2.94. The van der Waals surface area contributed by atoms with Crippen molar-refractivity contribution in [1.29, 1.82) is 0 Å². The summed E-state index contributed by atoms with van der Waals surface area (Å²) in [5.74, 6) is -0.716. The summed E-state index contributed by atoms with van der Waals surface area (Å²) in [6.45, 7) is 3.64. The van der Waals surface area contributed by atoms with Crippen molar-refractivity contribution in [3.05, 3.63) is 48.0 Å². The molecule has 1 unspecified atom stereocenters. The fourth-order valence-electron chi connectivity index (χ4n) is 2.16. The molecule has 0 aliphatic heterocycles. The first-order chi connectivity index (χ1) is 10.4. The van der Waals surface area contributed by atoms with Gasteiger partial charge in [-0.2, -0.15) is 5.10 Å². The molecular formula is C16H20FN3O2. The Morgan fingerprint density at radius 2 is 2.05 bits per heavy atom.